The molecule has 1 aromatic rings. The summed E-state index contributed by atoms with van der Waals surface area (Å²) in [6, 6.07) is 8.29. The predicted octanol–water partition coefficient (Wildman–Crippen LogP) is 2.95. The molecular weight excluding hydrogens is 198 g/mol. The minimum atomic E-state index is 0.485. The summed E-state index contributed by atoms with van der Waals surface area (Å²) in [5, 5.41) is 3.07. The summed E-state index contributed by atoms with van der Waals surface area (Å²) in [6.07, 6.45) is 1.01. The van der Waals surface area contributed by atoms with E-state index >= 15 is 0 Å². The van der Waals surface area contributed by atoms with Gasteiger partial charge in [-0.1, -0.05) is 32.9 Å². The van der Waals surface area contributed by atoms with E-state index in [1.807, 2.05) is 12.1 Å². The van der Waals surface area contributed by atoms with E-state index < -0.39 is 0 Å². The number of rotatable bonds is 4. The number of benzene rings is 1. The fourth-order valence-corrected chi connectivity index (χ4v) is 1.37. The molecule has 3 heteroatoms. The van der Waals surface area contributed by atoms with Crippen LogP contribution < -0.4 is 11.1 Å². The Morgan fingerprint density at radius 1 is 1.31 bits per heavy atom. The molecule has 0 saturated heterocycles. The molecule has 0 aliphatic heterocycles. The first kappa shape index (κ1) is 12.6. The highest BCUT2D eigenvalue weighted by Gasteiger charge is 1.99. The van der Waals surface area contributed by atoms with Crippen LogP contribution in [0.4, 0.5) is 5.69 Å². The zero-order valence-electron chi connectivity index (χ0n) is 10.3. The highest BCUT2D eigenvalue weighted by Crippen LogP contribution is 2.16. The van der Waals surface area contributed by atoms with Gasteiger partial charge in [-0.15, -0.1) is 0 Å². The second-order valence-corrected chi connectivity index (χ2v) is 4.17. The maximum Gasteiger partial charge on any atom is 0.193 e. The number of guanidine groups is 1. The Balaban J connectivity index is 2.61. The lowest BCUT2D eigenvalue weighted by Crippen LogP contribution is -2.22. The summed E-state index contributed by atoms with van der Waals surface area (Å²) in [5.41, 5.74) is 8.04. The number of hydrogen-bond donors (Lipinski definition) is 2. The van der Waals surface area contributed by atoms with Gasteiger partial charge in [-0.05, 0) is 30.0 Å². The molecule has 1 rings (SSSR count). The van der Waals surface area contributed by atoms with Gasteiger partial charge in [-0.3, -0.25) is 4.99 Å². The molecule has 0 saturated carbocycles. The first-order valence-electron chi connectivity index (χ1n) is 5.80. The topological polar surface area (TPSA) is 50.4 Å². The van der Waals surface area contributed by atoms with Gasteiger partial charge in [0.15, 0.2) is 5.96 Å². The third-order valence-electron chi connectivity index (χ3n) is 2.36. The van der Waals surface area contributed by atoms with Crippen molar-refractivity contribution in [2.45, 2.75) is 33.1 Å². The largest absolute Gasteiger partial charge is 0.370 e. The van der Waals surface area contributed by atoms with E-state index in [1.165, 1.54) is 5.56 Å². The molecule has 1 aromatic carbocycles. The van der Waals surface area contributed by atoms with Gasteiger partial charge in [-0.2, -0.15) is 0 Å². The number of nitrogens with zero attached hydrogens (tertiary/aromatic N) is 1. The summed E-state index contributed by atoms with van der Waals surface area (Å²) < 4.78 is 0. The fraction of sp³-hybridized carbons (Fsp3) is 0.462. The van der Waals surface area contributed by atoms with E-state index in [9.17, 15) is 0 Å². The zero-order valence-corrected chi connectivity index (χ0v) is 10.3. The quantitative estimate of drug-likeness (QED) is 0.604. The number of hydrogen-bond acceptors (Lipinski definition) is 1. The monoisotopic (exact) mass is 219 g/mol. The van der Waals surface area contributed by atoms with Crippen LogP contribution in [-0.2, 0) is 0 Å². The Bertz CT molecular complexity index is 339. The minimum Gasteiger partial charge on any atom is -0.370 e. The maximum atomic E-state index is 5.73. The standard InChI is InChI=1S/C13H21N3/c1-4-9-15-13(14)16-12-7-5-11(6-8-12)10(2)3/h5-8,10H,4,9H2,1-3H3,(H3,14,15,16). The van der Waals surface area contributed by atoms with Crippen molar-refractivity contribution in [3.8, 4) is 0 Å². The van der Waals surface area contributed by atoms with Gasteiger partial charge >= 0.3 is 0 Å². The fourth-order valence-electron chi connectivity index (χ4n) is 1.37. The third kappa shape index (κ3) is 3.93. The third-order valence-corrected chi connectivity index (χ3v) is 2.36. The molecular formula is C13H21N3. The maximum absolute atomic E-state index is 5.73. The van der Waals surface area contributed by atoms with Crippen molar-refractivity contribution >= 4 is 11.6 Å². The summed E-state index contributed by atoms with van der Waals surface area (Å²) >= 11 is 0. The van der Waals surface area contributed by atoms with Crippen molar-refractivity contribution in [1.29, 1.82) is 0 Å². The Morgan fingerprint density at radius 3 is 2.44 bits per heavy atom. The summed E-state index contributed by atoms with van der Waals surface area (Å²) in [4.78, 5) is 4.18. The predicted molar refractivity (Wildman–Crippen MR) is 70.9 cm³/mol. The van der Waals surface area contributed by atoms with Gasteiger partial charge in [0, 0.05) is 12.2 Å². The van der Waals surface area contributed by atoms with Crippen LogP contribution in [0.2, 0.25) is 0 Å². The van der Waals surface area contributed by atoms with Gasteiger partial charge in [0.2, 0.25) is 0 Å². The van der Waals surface area contributed by atoms with Crippen molar-refractivity contribution in [1.82, 2.24) is 0 Å². The van der Waals surface area contributed by atoms with Crippen LogP contribution in [0.15, 0.2) is 29.3 Å². The zero-order chi connectivity index (χ0) is 12.0. The molecule has 0 aromatic heterocycles. The highest BCUT2D eigenvalue weighted by atomic mass is 15.1. The normalized spacial score (nSPS) is 11.9. The molecule has 16 heavy (non-hydrogen) atoms. The van der Waals surface area contributed by atoms with Crippen LogP contribution in [-0.4, -0.2) is 12.5 Å². The first-order chi connectivity index (χ1) is 7.63. The second-order valence-electron chi connectivity index (χ2n) is 4.17. The van der Waals surface area contributed by atoms with Crippen LogP contribution in [0, 0.1) is 0 Å². The van der Waals surface area contributed by atoms with Crippen molar-refractivity contribution in [2.24, 2.45) is 10.7 Å². The summed E-state index contributed by atoms with van der Waals surface area (Å²) in [5.74, 6) is 1.04. The molecule has 0 aliphatic carbocycles. The summed E-state index contributed by atoms with van der Waals surface area (Å²) in [7, 11) is 0. The molecule has 0 atom stereocenters. The van der Waals surface area contributed by atoms with Crippen molar-refractivity contribution in [2.75, 3.05) is 11.9 Å². The average Bonchev–Trinajstić information content (AvgIpc) is 2.27. The molecule has 0 fully saturated rings. The van der Waals surface area contributed by atoms with Crippen molar-refractivity contribution in [3.05, 3.63) is 29.8 Å². The van der Waals surface area contributed by atoms with E-state index in [0.717, 1.165) is 18.7 Å². The second kappa shape index (κ2) is 6.16. The van der Waals surface area contributed by atoms with Crippen molar-refractivity contribution in [3.63, 3.8) is 0 Å². The van der Waals surface area contributed by atoms with E-state index in [1.54, 1.807) is 0 Å². The molecule has 3 N–H and O–H groups in total. The van der Waals surface area contributed by atoms with E-state index in [4.69, 9.17) is 5.73 Å². The molecule has 0 spiro atoms. The minimum absolute atomic E-state index is 0.485. The first-order valence-corrected chi connectivity index (χ1v) is 5.80. The van der Waals surface area contributed by atoms with Gasteiger partial charge in [0.1, 0.15) is 0 Å². The van der Waals surface area contributed by atoms with Crippen LogP contribution in [0.1, 0.15) is 38.7 Å². The lowest BCUT2D eigenvalue weighted by Gasteiger charge is -2.08. The van der Waals surface area contributed by atoms with Crippen molar-refractivity contribution < 1.29 is 0 Å². The average molecular weight is 219 g/mol. The van der Waals surface area contributed by atoms with E-state index in [-0.39, 0.29) is 0 Å². The number of anilines is 1. The Kier molecular flexibility index (Phi) is 4.83. The highest BCUT2D eigenvalue weighted by molar-refractivity contribution is 5.92. The number of nitrogens with one attached hydrogen (secondary N) is 1. The molecule has 3 nitrogen and oxygen atoms in total. The number of nitrogens with two attached hydrogens (primary N) is 1. The van der Waals surface area contributed by atoms with Gasteiger partial charge in [-0.25, -0.2) is 0 Å². The smallest absolute Gasteiger partial charge is 0.193 e. The lowest BCUT2D eigenvalue weighted by atomic mass is 10.0. The molecule has 0 heterocycles. The molecule has 0 bridgehead atoms. The van der Waals surface area contributed by atoms with E-state index in [2.05, 4.69) is 43.2 Å². The molecule has 0 radical (unpaired) electrons. The molecule has 0 aliphatic rings. The molecule has 0 unspecified atom stereocenters. The van der Waals surface area contributed by atoms with Gasteiger partial charge in [0.05, 0.1) is 0 Å². The molecule has 88 valence electrons. The van der Waals surface area contributed by atoms with Gasteiger partial charge < -0.3 is 11.1 Å². The SMILES string of the molecule is CCCN=C(N)Nc1ccc(C(C)C)cc1. The van der Waals surface area contributed by atoms with Crippen LogP contribution in [0.3, 0.4) is 0 Å². The Hall–Kier alpha value is -1.51. The number of aliphatic imine (C=N–C) groups is 1. The van der Waals surface area contributed by atoms with Crippen LogP contribution in [0.25, 0.3) is 0 Å². The lowest BCUT2D eigenvalue weighted by molar-refractivity contribution is 0.867. The Morgan fingerprint density at radius 2 is 1.94 bits per heavy atom. The van der Waals surface area contributed by atoms with Gasteiger partial charge in [0.25, 0.3) is 0 Å². The summed E-state index contributed by atoms with van der Waals surface area (Å²) in [6.45, 7) is 7.20. The van der Waals surface area contributed by atoms with E-state index in [0.29, 0.717) is 11.9 Å². The molecule has 0 amide bonds. The van der Waals surface area contributed by atoms with Crippen LogP contribution in [0.5, 0.6) is 0 Å². The Labute approximate surface area is 97.8 Å². The van der Waals surface area contributed by atoms with Crippen LogP contribution >= 0.6 is 0 Å².